The number of benzene rings is 1. The Morgan fingerprint density at radius 3 is 2.86 bits per heavy atom. The molecule has 1 aromatic carbocycles. The van der Waals surface area contributed by atoms with Crippen LogP contribution in [0.1, 0.15) is 55.8 Å². The Labute approximate surface area is 165 Å². The first-order chi connectivity index (χ1) is 13.5. The van der Waals surface area contributed by atoms with E-state index >= 15 is 0 Å². The Bertz CT molecular complexity index is 834. The monoisotopic (exact) mass is 382 g/mol. The zero-order chi connectivity index (χ0) is 19.7. The van der Waals surface area contributed by atoms with Crippen molar-refractivity contribution in [3.63, 3.8) is 0 Å². The lowest BCUT2D eigenvalue weighted by molar-refractivity contribution is -0.145. The van der Waals surface area contributed by atoms with E-state index < -0.39 is 5.66 Å². The third kappa shape index (κ3) is 3.21. The van der Waals surface area contributed by atoms with Crippen molar-refractivity contribution in [2.24, 2.45) is 5.92 Å². The van der Waals surface area contributed by atoms with Crippen LogP contribution in [0.4, 0.5) is 5.69 Å². The fourth-order valence-corrected chi connectivity index (χ4v) is 4.54. The molecule has 0 spiro atoms. The van der Waals surface area contributed by atoms with Gasteiger partial charge in [-0.1, -0.05) is 24.3 Å². The van der Waals surface area contributed by atoms with Crippen LogP contribution in [0.15, 0.2) is 36.4 Å². The molecule has 2 heterocycles. The molecule has 0 N–H and O–H groups in total. The molecule has 1 fully saturated rings. The Morgan fingerprint density at radius 2 is 2.07 bits per heavy atom. The predicted molar refractivity (Wildman–Crippen MR) is 105 cm³/mol. The highest BCUT2D eigenvalue weighted by Crippen LogP contribution is 2.43. The van der Waals surface area contributed by atoms with Crippen molar-refractivity contribution in [1.82, 2.24) is 4.90 Å². The van der Waals surface area contributed by atoms with Gasteiger partial charge in [0, 0.05) is 13.0 Å². The van der Waals surface area contributed by atoms with E-state index in [9.17, 15) is 14.4 Å². The van der Waals surface area contributed by atoms with E-state index in [4.69, 9.17) is 4.74 Å². The molecule has 3 aliphatic rings. The minimum atomic E-state index is -0.725. The van der Waals surface area contributed by atoms with E-state index in [-0.39, 0.29) is 30.7 Å². The van der Waals surface area contributed by atoms with Gasteiger partial charge >= 0.3 is 5.97 Å². The fourth-order valence-electron chi connectivity index (χ4n) is 4.54. The number of carbonyl (C=O) groups excluding carboxylic acids is 3. The van der Waals surface area contributed by atoms with Gasteiger partial charge in [0.25, 0.3) is 5.91 Å². The zero-order valence-electron chi connectivity index (χ0n) is 16.2. The number of fused-ring (bicyclic) bond motifs is 3. The minimum Gasteiger partial charge on any atom is -0.465 e. The van der Waals surface area contributed by atoms with Crippen LogP contribution in [0.5, 0.6) is 0 Å². The molecule has 2 amide bonds. The first kappa shape index (κ1) is 18.7. The van der Waals surface area contributed by atoms with E-state index in [1.54, 1.807) is 21.9 Å². The van der Waals surface area contributed by atoms with Gasteiger partial charge in [-0.05, 0) is 50.7 Å². The summed E-state index contributed by atoms with van der Waals surface area (Å²) in [7, 11) is 0. The number of hydrogen-bond donors (Lipinski definition) is 0. The number of rotatable bonds is 5. The maximum Gasteiger partial charge on any atom is 0.307 e. The maximum atomic E-state index is 13.1. The average molecular weight is 382 g/mol. The molecule has 6 nitrogen and oxygen atoms in total. The average Bonchev–Trinajstić information content (AvgIpc) is 3.02. The second kappa shape index (κ2) is 7.41. The lowest BCUT2D eigenvalue weighted by atomic mass is 9.95. The second-order valence-electron chi connectivity index (χ2n) is 8.00. The Kier molecular flexibility index (Phi) is 4.96. The van der Waals surface area contributed by atoms with Crippen molar-refractivity contribution >= 4 is 23.5 Å². The number of allylic oxidation sites excluding steroid dienone is 2. The number of carbonyl (C=O) groups is 3. The summed E-state index contributed by atoms with van der Waals surface area (Å²) in [5.74, 6) is -0.0201. The molecule has 2 unspecified atom stereocenters. The topological polar surface area (TPSA) is 66.9 Å². The summed E-state index contributed by atoms with van der Waals surface area (Å²) in [6, 6.07) is 7.19. The second-order valence-corrected chi connectivity index (χ2v) is 8.00. The highest BCUT2D eigenvalue weighted by atomic mass is 16.5. The van der Waals surface area contributed by atoms with E-state index in [2.05, 4.69) is 12.2 Å². The standard InChI is InChI=1S/C22H26N2O4/c1-22-13-11-19(25)24(22)18-10-6-5-9-17(18)21(27)23(22)14-12-20(26)28-15-16-7-3-2-4-8-16/h2-3,5-6,9-10,16H,4,7-8,11-15H2,1H3. The molecule has 1 aromatic rings. The first-order valence-electron chi connectivity index (χ1n) is 10.1. The summed E-state index contributed by atoms with van der Waals surface area (Å²) in [5, 5.41) is 0. The SMILES string of the molecule is CC12CCC(=O)N1c1ccccc1C(=O)N2CCC(=O)OCC1CC=CCC1. The Balaban J connectivity index is 1.45. The van der Waals surface area contributed by atoms with Gasteiger partial charge in [-0.25, -0.2) is 0 Å². The van der Waals surface area contributed by atoms with E-state index in [0.717, 1.165) is 19.3 Å². The number of esters is 1. The lowest BCUT2D eigenvalue weighted by Crippen LogP contribution is -2.62. The Morgan fingerprint density at radius 1 is 1.25 bits per heavy atom. The molecule has 2 aliphatic heterocycles. The van der Waals surface area contributed by atoms with Gasteiger partial charge < -0.3 is 9.64 Å². The van der Waals surface area contributed by atoms with Gasteiger partial charge in [0.1, 0.15) is 5.66 Å². The minimum absolute atomic E-state index is 0.0142. The van der Waals surface area contributed by atoms with Gasteiger partial charge in [0.05, 0.1) is 24.3 Å². The smallest absolute Gasteiger partial charge is 0.307 e. The fraction of sp³-hybridized carbons (Fsp3) is 0.500. The van der Waals surface area contributed by atoms with Crippen molar-refractivity contribution in [2.45, 2.75) is 51.1 Å². The third-order valence-electron chi connectivity index (χ3n) is 6.14. The van der Waals surface area contributed by atoms with Crippen LogP contribution in [0.2, 0.25) is 0 Å². The van der Waals surface area contributed by atoms with Crippen LogP contribution in [-0.2, 0) is 14.3 Å². The van der Waals surface area contributed by atoms with Crippen LogP contribution >= 0.6 is 0 Å². The summed E-state index contributed by atoms with van der Waals surface area (Å²) < 4.78 is 5.45. The molecule has 4 rings (SSSR count). The van der Waals surface area contributed by atoms with Gasteiger partial charge in [-0.2, -0.15) is 0 Å². The first-order valence-corrected chi connectivity index (χ1v) is 10.1. The van der Waals surface area contributed by atoms with Gasteiger partial charge in [-0.3, -0.25) is 19.3 Å². The molecule has 28 heavy (non-hydrogen) atoms. The van der Waals surface area contributed by atoms with Crippen LogP contribution in [0, 0.1) is 5.92 Å². The summed E-state index contributed by atoms with van der Waals surface area (Å²) >= 11 is 0. The molecular formula is C22H26N2O4. The lowest BCUT2D eigenvalue weighted by Gasteiger charge is -2.48. The molecule has 1 saturated heterocycles. The van der Waals surface area contributed by atoms with Crippen molar-refractivity contribution in [1.29, 1.82) is 0 Å². The van der Waals surface area contributed by atoms with Gasteiger partial charge in [-0.15, -0.1) is 0 Å². The number of hydrogen-bond acceptors (Lipinski definition) is 4. The molecule has 2 atom stereocenters. The normalized spacial score (nSPS) is 26.2. The number of ether oxygens (including phenoxy) is 1. The van der Waals surface area contributed by atoms with Crippen LogP contribution in [-0.4, -0.2) is 41.5 Å². The summed E-state index contributed by atoms with van der Waals surface area (Å²) in [6.45, 7) is 2.59. The molecule has 0 bridgehead atoms. The highest BCUT2D eigenvalue weighted by Gasteiger charge is 2.52. The van der Waals surface area contributed by atoms with Crippen molar-refractivity contribution in [3.8, 4) is 0 Å². The van der Waals surface area contributed by atoms with E-state index in [1.165, 1.54) is 0 Å². The Hall–Kier alpha value is -2.63. The quantitative estimate of drug-likeness (QED) is 0.579. The van der Waals surface area contributed by atoms with Gasteiger partial charge in [0.2, 0.25) is 5.91 Å². The summed E-state index contributed by atoms with van der Waals surface area (Å²) in [6.07, 6.45) is 8.42. The molecule has 148 valence electrons. The van der Waals surface area contributed by atoms with E-state index in [0.29, 0.717) is 36.6 Å². The van der Waals surface area contributed by atoms with Crippen molar-refractivity contribution in [3.05, 3.63) is 42.0 Å². The number of nitrogens with zero attached hydrogens (tertiary/aromatic N) is 2. The van der Waals surface area contributed by atoms with Crippen LogP contribution in [0.3, 0.4) is 0 Å². The summed E-state index contributed by atoms with van der Waals surface area (Å²) in [4.78, 5) is 41.3. The maximum absolute atomic E-state index is 13.1. The van der Waals surface area contributed by atoms with E-state index in [1.807, 2.05) is 19.1 Å². The molecule has 0 radical (unpaired) electrons. The molecule has 0 saturated carbocycles. The van der Waals surface area contributed by atoms with Gasteiger partial charge in [0.15, 0.2) is 0 Å². The molecular weight excluding hydrogens is 356 g/mol. The molecule has 1 aliphatic carbocycles. The number of anilines is 1. The third-order valence-corrected chi connectivity index (χ3v) is 6.14. The number of para-hydroxylation sites is 1. The van der Waals surface area contributed by atoms with Crippen molar-refractivity contribution < 1.29 is 19.1 Å². The summed E-state index contributed by atoms with van der Waals surface area (Å²) in [5.41, 5.74) is 0.455. The zero-order valence-corrected chi connectivity index (χ0v) is 16.2. The van der Waals surface area contributed by atoms with Crippen molar-refractivity contribution in [2.75, 3.05) is 18.1 Å². The number of amides is 2. The van der Waals surface area contributed by atoms with Crippen LogP contribution < -0.4 is 4.90 Å². The molecule has 6 heteroatoms. The predicted octanol–water partition coefficient (Wildman–Crippen LogP) is 3.28. The van der Waals surface area contributed by atoms with Crippen LogP contribution in [0.25, 0.3) is 0 Å². The highest BCUT2D eigenvalue weighted by molar-refractivity contribution is 6.10. The molecule has 0 aromatic heterocycles. The largest absolute Gasteiger partial charge is 0.465 e.